The fourth-order valence-electron chi connectivity index (χ4n) is 3.50. The minimum atomic E-state index is 0.812. The normalized spacial score (nSPS) is 18.9. The third kappa shape index (κ3) is 4.41. The van der Waals surface area contributed by atoms with Crippen molar-refractivity contribution in [2.45, 2.75) is 38.3 Å². The van der Waals surface area contributed by atoms with Crippen molar-refractivity contribution < 1.29 is 4.74 Å². The lowest BCUT2D eigenvalue weighted by atomic mass is 9.80. The molecule has 25 heavy (non-hydrogen) atoms. The van der Waals surface area contributed by atoms with Gasteiger partial charge in [0.2, 0.25) is 0 Å². The number of nitrogens with one attached hydrogen (secondary N) is 1. The van der Waals surface area contributed by atoms with Crippen LogP contribution in [0.3, 0.4) is 0 Å². The van der Waals surface area contributed by atoms with Crippen LogP contribution in [0.5, 0.6) is 0 Å². The lowest BCUT2D eigenvalue weighted by Crippen LogP contribution is -2.38. The van der Waals surface area contributed by atoms with Crippen molar-refractivity contribution in [1.82, 2.24) is 14.7 Å². The van der Waals surface area contributed by atoms with E-state index in [0.717, 1.165) is 57.5 Å². The summed E-state index contributed by atoms with van der Waals surface area (Å²) in [5.74, 6) is 0.812. The van der Waals surface area contributed by atoms with Gasteiger partial charge in [0.1, 0.15) is 0 Å². The molecule has 5 nitrogen and oxygen atoms in total. The Morgan fingerprint density at radius 3 is 2.60 bits per heavy atom. The number of aromatic nitrogens is 2. The number of nitrogens with zero attached hydrogens (tertiary/aromatic N) is 3. The lowest BCUT2D eigenvalue weighted by Gasteiger charge is -2.26. The van der Waals surface area contributed by atoms with E-state index in [1.54, 1.807) is 0 Å². The van der Waals surface area contributed by atoms with Gasteiger partial charge in [0.05, 0.1) is 31.6 Å². The second-order valence-corrected chi connectivity index (χ2v) is 7.17. The maximum absolute atomic E-state index is 5.39. The van der Waals surface area contributed by atoms with Gasteiger partial charge in [-0.25, -0.2) is 0 Å². The summed E-state index contributed by atoms with van der Waals surface area (Å²) < 4.78 is 7.41. The first kappa shape index (κ1) is 16.6. The topological polar surface area (TPSA) is 42.3 Å². The molecule has 1 N–H and O–H groups in total. The molecule has 1 aromatic heterocycles. The molecule has 4 rings (SSSR count). The summed E-state index contributed by atoms with van der Waals surface area (Å²) >= 11 is 0. The Labute approximate surface area is 150 Å². The number of anilines is 1. The van der Waals surface area contributed by atoms with Crippen LogP contribution < -0.4 is 5.32 Å². The van der Waals surface area contributed by atoms with Crippen molar-refractivity contribution in [3.05, 3.63) is 47.8 Å². The molecule has 0 unspecified atom stereocenters. The van der Waals surface area contributed by atoms with Crippen molar-refractivity contribution in [1.29, 1.82) is 0 Å². The van der Waals surface area contributed by atoms with E-state index in [1.165, 1.54) is 30.4 Å². The van der Waals surface area contributed by atoms with Crippen LogP contribution in [0.2, 0.25) is 0 Å². The largest absolute Gasteiger partial charge is 0.379 e. The first-order valence-electron chi connectivity index (χ1n) is 9.52. The predicted octanol–water partition coefficient (Wildman–Crippen LogP) is 3.09. The van der Waals surface area contributed by atoms with Crippen LogP contribution in [-0.4, -0.2) is 47.5 Å². The number of ether oxygens (including phenoxy) is 1. The quantitative estimate of drug-likeness (QED) is 0.841. The van der Waals surface area contributed by atoms with Gasteiger partial charge in [-0.2, -0.15) is 5.10 Å². The van der Waals surface area contributed by atoms with E-state index in [4.69, 9.17) is 4.74 Å². The molecule has 1 aliphatic heterocycles. The maximum atomic E-state index is 5.39. The van der Waals surface area contributed by atoms with E-state index in [0.29, 0.717) is 0 Å². The molecule has 2 heterocycles. The van der Waals surface area contributed by atoms with Crippen molar-refractivity contribution in [3.8, 4) is 0 Å². The van der Waals surface area contributed by atoms with Crippen molar-refractivity contribution >= 4 is 5.69 Å². The molecule has 1 saturated heterocycles. The molecule has 2 aromatic rings. The number of rotatable bonds is 7. The molecule has 2 fully saturated rings. The molecule has 2 aliphatic rings. The van der Waals surface area contributed by atoms with Crippen LogP contribution in [-0.2, 0) is 17.8 Å². The molecule has 0 radical (unpaired) electrons. The lowest BCUT2D eigenvalue weighted by molar-refractivity contribution is 0.0360. The zero-order valence-corrected chi connectivity index (χ0v) is 14.9. The molecular weight excluding hydrogens is 312 g/mol. The third-order valence-electron chi connectivity index (χ3n) is 5.44. The summed E-state index contributed by atoms with van der Waals surface area (Å²) in [7, 11) is 0. The third-order valence-corrected chi connectivity index (χ3v) is 5.44. The van der Waals surface area contributed by atoms with Gasteiger partial charge in [0, 0.05) is 32.4 Å². The second-order valence-electron chi connectivity index (χ2n) is 7.17. The summed E-state index contributed by atoms with van der Waals surface area (Å²) in [6, 6.07) is 9.10. The van der Waals surface area contributed by atoms with E-state index < -0.39 is 0 Å². The standard InChI is InChI=1S/C20H28N4O/c1-2-18(3-1)19-6-4-17(5-7-19)14-21-20-15-22-24(16-20)9-8-23-10-12-25-13-11-23/h4-7,15-16,18,21H,1-3,8-14H2. The number of hydrogen-bond acceptors (Lipinski definition) is 4. The SMILES string of the molecule is c1cc(C2CCC2)ccc1CNc1cnn(CCN2CCOCC2)c1. The van der Waals surface area contributed by atoms with Crippen molar-refractivity contribution in [2.24, 2.45) is 0 Å². The predicted molar refractivity (Wildman–Crippen MR) is 99.8 cm³/mol. The van der Waals surface area contributed by atoms with E-state index in [1.807, 2.05) is 10.9 Å². The molecule has 134 valence electrons. The first-order valence-corrected chi connectivity index (χ1v) is 9.52. The first-order chi connectivity index (χ1) is 12.4. The van der Waals surface area contributed by atoms with E-state index in [2.05, 4.69) is 45.8 Å². The summed E-state index contributed by atoms with van der Waals surface area (Å²) in [4.78, 5) is 2.43. The van der Waals surface area contributed by atoms with Gasteiger partial charge in [0.15, 0.2) is 0 Å². The van der Waals surface area contributed by atoms with Crippen LogP contribution in [0.15, 0.2) is 36.7 Å². The molecule has 0 amide bonds. The van der Waals surface area contributed by atoms with Crippen molar-refractivity contribution in [2.75, 3.05) is 38.2 Å². The Bertz CT molecular complexity index is 657. The highest BCUT2D eigenvalue weighted by Crippen LogP contribution is 2.36. The fourth-order valence-corrected chi connectivity index (χ4v) is 3.50. The average molecular weight is 340 g/mol. The highest BCUT2D eigenvalue weighted by atomic mass is 16.5. The Morgan fingerprint density at radius 2 is 1.88 bits per heavy atom. The minimum Gasteiger partial charge on any atom is -0.379 e. The summed E-state index contributed by atoms with van der Waals surface area (Å²) in [5, 5.41) is 7.94. The molecule has 1 aromatic carbocycles. The van der Waals surface area contributed by atoms with Crippen molar-refractivity contribution in [3.63, 3.8) is 0 Å². The number of hydrogen-bond donors (Lipinski definition) is 1. The van der Waals surface area contributed by atoms with Gasteiger partial charge in [-0.1, -0.05) is 30.7 Å². The molecule has 0 spiro atoms. The van der Waals surface area contributed by atoms with Crippen LogP contribution in [0.25, 0.3) is 0 Å². The van der Waals surface area contributed by atoms with Gasteiger partial charge in [-0.05, 0) is 29.9 Å². The summed E-state index contributed by atoms with van der Waals surface area (Å²) in [6.45, 7) is 6.58. The van der Waals surface area contributed by atoms with Gasteiger partial charge < -0.3 is 10.1 Å². The number of benzene rings is 1. The van der Waals surface area contributed by atoms with Crippen LogP contribution >= 0.6 is 0 Å². The van der Waals surface area contributed by atoms with Crippen LogP contribution in [0.1, 0.15) is 36.3 Å². The van der Waals surface area contributed by atoms with Gasteiger partial charge in [-0.3, -0.25) is 9.58 Å². The Kier molecular flexibility index (Phi) is 5.33. The summed E-state index contributed by atoms with van der Waals surface area (Å²) in [6.07, 6.45) is 8.14. The summed E-state index contributed by atoms with van der Waals surface area (Å²) in [5.41, 5.74) is 3.92. The Morgan fingerprint density at radius 1 is 1.08 bits per heavy atom. The zero-order valence-electron chi connectivity index (χ0n) is 14.9. The van der Waals surface area contributed by atoms with Crippen LogP contribution in [0.4, 0.5) is 5.69 Å². The van der Waals surface area contributed by atoms with Gasteiger partial charge in [-0.15, -0.1) is 0 Å². The Balaban J connectivity index is 1.23. The molecule has 1 aliphatic carbocycles. The Hall–Kier alpha value is -1.85. The molecular formula is C20H28N4O. The highest BCUT2D eigenvalue weighted by molar-refractivity contribution is 5.39. The highest BCUT2D eigenvalue weighted by Gasteiger charge is 2.18. The molecule has 1 saturated carbocycles. The second kappa shape index (κ2) is 8.02. The number of morpholine rings is 1. The van der Waals surface area contributed by atoms with Gasteiger partial charge in [0.25, 0.3) is 0 Å². The smallest absolute Gasteiger partial charge is 0.0729 e. The van der Waals surface area contributed by atoms with E-state index >= 15 is 0 Å². The zero-order chi connectivity index (χ0) is 16.9. The van der Waals surface area contributed by atoms with E-state index in [9.17, 15) is 0 Å². The average Bonchev–Trinajstić information content (AvgIpc) is 3.07. The molecule has 0 bridgehead atoms. The monoisotopic (exact) mass is 340 g/mol. The van der Waals surface area contributed by atoms with E-state index in [-0.39, 0.29) is 0 Å². The van der Waals surface area contributed by atoms with Crippen LogP contribution in [0, 0.1) is 0 Å². The van der Waals surface area contributed by atoms with Gasteiger partial charge >= 0.3 is 0 Å². The maximum Gasteiger partial charge on any atom is 0.0729 e. The minimum absolute atomic E-state index is 0.812. The molecule has 0 atom stereocenters. The molecule has 5 heteroatoms. The fraction of sp³-hybridized carbons (Fsp3) is 0.550.